The Morgan fingerprint density at radius 2 is 1.57 bits per heavy atom. The van der Waals surface area contributed by atoms with Crippen LogP contribution in [0, 0.1) is 11.8 Å². The standard InChI is InChI=1S/C24H30NO5/c1-16(24(25)27)12-18(11-10-17-8-6-5-7-9-17)13-20(26)19-14-21(28-2)23(30-4)22(15-19)29-3/h5-9,14-16H,10-13H2,1-4H3,(H2,25,27)/t16-/m0/s1. The number of hydrogen-bond acceptors (Lipinski definition) is 5. The number of ether oxygens (including phenoxy) is 3. The number of nitrogens with two attached hydrogens (primary N) is 1. The molecule has 0 bridgehead atoms. The summed E-state index contributed by atoms with van der Waals surface area (Å²) in [6.07, 6.45) is 2.21. The first-order chi connectivity index (χ1) is 14.4. The van der Waals surface area contributed by atoms with Crippen molar-refractivity contribution < 1.29 is 23.8 Å². The first-order valence-electron chi connectivity index (χ1n) is 9.89. The molecule has 30 heavy (non-hydrogen) atoms. The number of aryl methyl sites for hydroxylation is 1. The third-order valence-electron chi connectivity index (χ3n) is 5.09. The molecule has 0 aliphatic heterocycles. The second-order valence-corrected chi connectivity index (χ2v) is 7.26. The van der Waals surface area contributed by atoms with Crippen molar-refractivity contribution in [3.05, 3.63) is 59.5 Å². The van der Waals surface area contributed by atoms with Gasteiger partial charge in [-0.15, -0.1) is 0 Å². The number of hydrogen-bond donors (Lipinski definition) is 1. The lowest BCUT2D eigenvalue weighted by molar-refractivity contribution is -0.121. The SMILES string of the molecule is COc1cc(C(=O)C[C](CCc2ccccc2)C[C@H](C)C(N)=O)cc(OC)c1OC. The zero-order valence-corrected chi connectivity index (χ0v) is 18.1. The number of benzene rings is 2. The lowest BCUT2D eigenvalue weighted by Gasteiger charge is -2.19. The highest BCUT2D eigenvalue weighted by Crippen LogP contribution is 2.39. The third-order valence-corrected chi connectivity index (χ3v) is 5.09. The Bertz CT molecular complexity index is 825. The molecule has 0 saturated heterocycles. The summed E-state index contributed by atoms with van der Waals surface area (Å²) in [4.78, 5) is 24.6. The van der Waals surface area contributed by atoms with Gasteiger partial charge >= 0.3 is 0 Å². The molecule has 0 fully saturated rings. The smallest absolute Gasteiger partial charge is 0.220 e. The van der Waals surface area contributed by atoms with Crippen LogP contribution in [0.15, 0.2) is 42.5 Å². The van der Waals surface area contributed by atoms with Gasteiger partial charge in [-0.25, -0.2) is 0 Å². The van der Waals surface area contributed by atoms with E-state index in [9.17, 15) is 9.59 Å². The van der Waals surface area contributed by atoms with Gasteiger partial charge in [-0.1, -0.05) is 37.3 Å². The Hall–Kier alpha value is -3.02. The third kappa shape index (κ3) is 6.24. The van der Waals surface area contributed by atoms with E-state index in [0.29, 0.717) is 35.7 Å². The van der Waals surface area contributed by atoms with Gasteiger partial charge in [-0.3, -0.25) is 9.59 Å². The second-order valence-electron chi connectivity index (χ2n) is 7.26. The summed E-state index contributed by atoms with van der Waals surface area (Å²) in [7, 11) is 4.54. The quantitative estimate of drug-likeness (QED) is 0.532. The number of methoxy groups -OCH3 is 3. The minimum atomic E-state index is -0.368. The predicted octanol–water partition coefficient (Wildman–Crippen LogP) is 4.00. The maximum absolute atomic E-state index is 13.1. The van der Waals surface area contributed by atoms with Crippen LogP contribution < -0.4 is 19.9 Å². The molecule has 0 spiro atoms. The van der Waals surface area contributed by atoms with Gasteiger partial charge in [0.15, 0.2) is 17.3 Å². The van der Waals surface area contributed by atoms with E-state index in [1.54, 1.807) is 19.1 Å². The summed E-state index contributed by atoms with van der Waals surface area (Å²) in [5.74, 6) is 1.51. The van der Waals surface area contributed by atoms with E-state index >= 15 is 0 Å². The molecular formula is C24H30NO5. The van der Waals surface area contributed by atoms with Crippen LogP contribution in [0.5, 0.6) is 17.2 Å². The van der Waals surface area contributed by atoms with E-state index in [4.69, 9.17) is 19.9 Å². The average Bonchev–Trinajstić information content (AvgIpc) is 2.76. The van der Waals surface area contributed by atoms with Crippen LogP contribution in [0.1, 0.15) is 42.1 Å². The van der Waals surface area contributed by atoms with Gasteiger partial charge in [0.1, 0.15) is 0 Å². The Morgan fingerprint density at radius 1 is 0.967 bits per heavy atom. The van der Waals surface area contributed by atoms with E-state index in [2.05, 4.69) is 12.1 Å². The van der Waals surface area contributed by atoms with Gasteiger partial charge in [0.05, 0.1) is 21.3 Å². The fourth-order valence-electron chi connectivity index (χ4n) is 3.33. The lowest BCUT2D eigenvalue weighted by atomic mass is 9.85. The summed E-state index contributed by atoms with van der Waals surface area (Å²) >= 11 is 0. The van der Waals surface area contributed by atoms with Crippen molar-refractivity contribution in [2.24, 2.45) is 11.7 Å². The summed E-state index contributed by atoms with van der Waals surface area (Å²) in [5.41, 5.74) is 7.11. The highest BCUT2D eigenvalue weighted by atomic mass is 16.5. The van der Waals surface area contributed by atoms with Gasteiger partial charge in [-0.2, -0.15) is 0 Å². The topological polar surface area (TPSA) is 87.9 Å². The zero-order chi connectivity index (χ0) is 22.1. The zero-order valence-electron chi connectivity index (χ0n) is 18.1. The van der Waals surface area contributed by atoms with E-state index in [0.717, 1.165) is 12.3 Å². The summed E-state index contributed by atoms with van der Waals surface area (Å²) in [6.45, 7) is 1.79. The maximum atomic E-state index is 13.1. The lowest BCUT2D eigenvalue weighted by Crippen LogP contribution is -2.23. The van der Waals surface area contributed by atoms with E-state index in [-0.39, 0.29) is 24.0 Å². The average molecular weight is 413 g/mol. The van der Waals surface area contributed by atoms with Crippen LogP contribution in [0.2, 0.25) is 0 Å². The molecule has 0 unspecified atom stereocenters. The van der Waals surface area contributed by atoms with Crippen molar-refractivity contribution in [1.29, 1.82) is 0 Å². The fraction of sp³-hybridized carbons (Fsp3) is 0.375. The molecule has 2 aromatic rings. The molecule has 0 saturated carbocycles. The number of carbonyl (C=O) groups excluding carboxylic acids is 2. The van der Waals surface area contributed by atoms with E-state index < -0.39 is 0 Å². The van der Waals surface area contributed by atoms with Crippen molar-refractivity contribution in [3.63, 3.8) is 0 Å². The van der Waals surface area contributed by atoms with Gasteiger partial charge < -0.3 is 19.9 Å². The molecule has 0 heterocycles. The van der Waals surface area contributed by atoms with Crippen molar-refractivity contribution in [2.75, 3.05) is 21.3 Å². The molecule has 1 amide bonds. The molecular weight excluding hydrogens is 382 g/mol. The molecule has 1 radical (unpaired) electrons. The molecule has 1 atom stereocenters. The van der Waals surface area contributed by atoms with Crippen LogP contribution in [-0.4, -0.2) is 33.0 Å². The van der Waals surface area contributed by atoms with Crippen molar-refractivity contribution >= 4 is 11.7 Å². The fourth-order valence-corrected chi connectivity index (χ4v) is 3.33. The first kappa shape index (κ1) is 23.3. The highest BCUT2D eigenvalue weighted by Gasteiger charge is 2.23. The number of primary amides is 1. The number of carbonyl (C=O) groups is 2. The Kier molecular flexibility index (Phi) is 8.71. The maximum Gasteiger partial charge on any atom is 0.220 e. The molecule has 161 valence electrons. The van der Waals surface area contributed by atoms with Crippen molar-refractivity contribution in [3.8, 4) is 17.2 Å². The molecule has 0 aliphatic rings. The summed E-state index contributed by atoms with van der Waals surface area (Å²) in [6, 6.07) is 13.3. The summed E-state index contributed by atoms with van der Waals surface area (Å²) in [5, 5.41) is 0. The monoisotopic (exact) mass is 412 g/mol. The van der Waals surface area contributed by atoms with Crippen LogP contribution in [0.3, 0.4) is 0 Å². The van der Waals surface area contributed by atoms with Gasteiger partial charge in [-0.05, 0) is 42.9 Å². The highest BCUT2D eigenvalue weighted by molar-refractivity contribution is 5.98. The van der Waals surface area contributed by atoms with Crippen LogP contribution in [-0.2, 0) is 11.2 Å². The number of rotatable bonds is 12. The van der Waals surface area contributed by atoms with Gasteiger partial charge in [0.25, 0.3) is 0 Å². The summed E-state index contributed by atoms with van der Waals surface area (Å²) < 4.78 is 16.0. The normalized spacial score (nSPS) is 11.8. The second kappa shape index (κ2) is 11.2. The molecule has 2 aromatic carbocycles. The number of Topliss-reactive ketones (excluding diaryl/α,β-unsaturated/α-hetero) is 1. The minimum absolute atomic E-state index is 0.0750. The van der Waals surface area contributed by atoms with Crippen molar-refractivity contribution in [2.45, 2.75) is 32.6 Å². The molecule has 2 N–H and O–H groups in total. The van der Waals surface area contributed by atoms with Crippen molar-refractivity contribution in [1.82, 2.24) is 0 Å². The van der Waals surface area contributed by atoms with Crippen LogP contribution in [0.4, 0.5) is 0 Å². The Balaban J connectivity index is 2.20. The van der Waals surface area contributed by atoms with Gasteiger partial charge in [0.2, 0.25) is 11.7 Å². The van der Waals surface area contributed by atoms with E-state index in [1.165, 1.54) is 26.9 Å². The largest absolute Gasteiger partial charge is 0.493 e. The Labute approximate surface area is 178 Å². The van der Waals surface area contributed by atoms with Crippen LogP contribution >= 0.6 is 0 Å². The van der Waals surface area contributed by atoms with Gasteiger partial charge in [0, 0.05) is 17.9 Å². The number of amides is 1. The number of ketones is 1. The molecule has 2 rings (SSSR count). The predicted molar refractivity (Wildman–Crippen MR) is 116 cm³/mol. The molecule has 0 aliphatic carbocycles. The minimum Gasteiger partial charge on any atom is -0.493 e. The Morgan fingerprint density at radius 3 is 2.07 bits per heavy atom. The van der Waals surface area contributed by atoms with E-state index in [1.807, 2.05) is 18.2 Å². The molecule has 6 heteroatoms. The molecule has 6 nitrogen and oxygen atoms in total. The first-order valence-corrected chi connectivity index (χ1v) is 9.89. The molecule has 0 aromatic heterocycles. The van der Waals surface area contributed by atoms with Crippen LogP contribution in [0.25, 0.3) is 0 Å².